The van der Waals surface area contributed by atoms with Crippen LogP contribution in [0.1, 0.15) is 18.1 Å². The van der Waals surface area contributed by atoms with E-state index < -0.39 is 16.1 Å². The van der Waals surface area contributed by atoms with Crippen LogP contribution in [0.2, 0.25) is 0 Å². The van der Waals surface area contributed by atoms with Crippen molar-refractivity contribution in [1.29, 1.82) is 0 Å². The summed E-state index contributed by atoms with van der Waals surface area (Å²) in [6, 6.07) is 14.8. The molecule has 0 fully saturated rings. The van der Waals surface area contributed by atoms with E-state index in [2.05, 4.69) is 0 Å². The van der Waals surface area contributed by atoms with Crippen molar-refractivity contribution in [2.24, 2.45) is 0 Å². The summed E-state index contributed by atoms with van der Waals surface area (Å²) in [7, 11) is -1.81. The maximum absolute atomic E-state index is 12.9. The molecule has 1 aliphatic heterocycles. The van der Waals surface area contributed by atoms with Crippen LogP contribution in [0.15, 0.2) is 48.5 Å². The maximum atomic E-state index is 12.9. The van der Waals surface area contributed by atoms with Crippen molar-refractivity contribution in [3.8, 4) is 5.75 Å². The molecule has 3 rings (SSSR count). The molecular weight excluding hydrogens is 364 g/mol. The molecule has 0 aliphatic carbocycles. The Bertz CT molecular complexity index is 925. The molecule has 2 aromatic rings. The summed E-state index contributed by atoms with van der Waals surface area (Å²) < 4.78 is 32.2. The number of fused-ring (bicyclic) bond motifs is 1. The third kappa shape index (κ3) is 4.08. The van der Waals surface area contributed by atoms with Crippen molar-refractivity contribution < 1.29 is 17.9 Å². The minimum absolute atomic E-state index is 0.0236. The second-order valence-corrected chi connectivity index (χ2v) is 8.87. The lowest BCUT2D eigenvalue weighted by Gasteiger charge is -2.36. The molecule has 144 valence electrons. The molecule has 0 unspecified atom stereocenters. The van der Waals surface area contributed by atoms with Gasteiger partial charge in [0.2, 0.25) is 10.0 Å². The fourth-order valence-electron chi connectivity index (χ4n) is 3.04. The van der Waals surface area contributed by atoms with Crippen molar-refractivity contribution in [2.75, 3.05) is 23.7 Å². The number of benzene rings is 2. The zero-order valence-electron chi connectivity index (χ0n) is 15.8. The van der Waals surface area contributed by atoms with E-state index in [0.717, 1.165) is 11.1 Å². The molecule has 0 aromatic heterocycles. The first kappa shape index (κ1) is 19.2. The lowest BCUT2D eigenvalue weighted by molar-refractivity contribution is -0.137. The van der Waals surface area contributed by atoms with Gasteiger partial charge in [-0.3, -0.25) is 9.10 Å². The predicted molar refractivity (Wildman–Crippen MR) is 105 cm³/mol. The van der Waals surface area contributed by atoms with E-state index in [1.807, 2.05) is 31.2 Å². The van der Waals surface area contributed by atoms with Crippen molar-refractivity contribution in [1.82, 2.24) is 4.90 Å². The van der Waals surface area contributed by atoms with Gasteiger partial charge in [-0.05, 0) is 31.5 Å². The third-order valence-electron chi connectivity index (χ3n) is 4.63. The first-order valence-corrected chi connectivity index (χ1v) is 10.5. The Labute approximate surface area is 160 Å². The summed E-state index contributed by atoms with van der Waals surface area (Å²) >= 11 is 0. The molecular formula is C20H24N2O4S. The summed E-state index contributed by atoms with van der Waals surface area (Å²) in [5.74, 6) is 0.116. The summed E-state index contributed by atoms with van der Waals surface area (Å²) in [5.41, 5.74) is 2.63. The van der Waals surface area contributed by atoms with Gasteiger partial charge in [0.05, 0.1) is 18.0 Å². The Balaban J connectivity index is 1.82. The first-order chi connectivity index (χ1) is 12.8. The average Bonchev–Trinajstić information content (AvgIpc) is 2.68. The van der Waals surface area contributed by atoms with E-state index in [0.29, 0.717) is 18.0 Å². The highest BCUT2D eigenvalue weighted by Crippen LogP contribution is 2.35. The van der Waals surface area contributed by atoms with Gasteiger partial charge in [-0.1, -0.05) is 42.0 Å². The Kier molecular flexibility index (Phi) is 5.41. The number of carbonyl (C=O) groups excluding carboxylic acids is 1. The quantitative estimate of drug-likeness (QED) is 0.790. The molecule has 0 saturated carbocycles. The first-order valence-electron chi connectivity index (χ1n) is 8.88. The van der Waals surface area contributed by atoms with E-state index in [-0.39, 0.29) is 18.2 Å². The van der Waals surface area contributed by atoms with Crippen molar-refractivity contribution >= 4 is 21.6 Å². The van der Waals surface area contributed by atoms with Crippen LogP contribution >= 0.6 is 0 Å². The van der Waals surface area contributed by atoms with Gasteiger partial charge < -0.3 is 9.64 Å². The van der Waals surface area contributed by atoms with Gasteiger partial charge in [0.15, 0.2) is 6.10 Å². The lowest BCUT2D eigenvalue weighted by atomic mass is 10.1. The SMILES string of the molecule is CCS(=O)(=O)N1C[C@@H](C(=O)N(C)Cc2ccc(C)cc2)Oc2ccccc21. The number of ether oxygens (including phenoxy) is 1. The fourth-order valence-corrected chi connectivity index (χ4v) is 4.17. The number of carbonyl (C=O) groups is 1. The number of likely N-dealkylation sites (N-methyl/N-ethyl adjacent to an activating group) is 1. The summed E-state index contributed by atoms with van der Waals surface area (Å²) in [4.78, 5) is 14.5. The van der Waals surface area contributed by atoms with Crippen LogP contribution in [0.5, 0.6) is 5.75 Å². The normalized spacial score (nSPS) is 16.4. The minimum atomic E-state index is -3.51. The van der Waals surface area contributed by atoms with Crippen molar-refractivity contribution in [3.05, 3.63) is 59.7 Å². The van der Waals surface area contributed by atoms with E-state index in [4.69, 9.17) is 4.74 Å². The fraction of sp³-hybridized carbons (Fsp3) is 0.350. The molecule has 6 nitrogen and oxygen atoms in total. The highest BCUT2D eigenvalue weighted by atomic mass is 32.2. The molecule has 1 heterocycles. The highest BCUT2D eigenvalue weighted by Gasteiger charge is 2.37. The van der Waals surface area contributed by atoms with Crippen molar-refractivity contribution in [2.45, 2.75) is 26.5 Å². The second-order valence-electron chi connectivity index (χ2n) is 6.69. The molecule has 1 aliphatic rings. The smallest absolute Gasteiger partial charge is 0.265 e. The topological polar surface area (TPSA) is 66.9 Å². The lowest BCUT2D eigenvalue weighted by Crippen LogP contribution is -2.51. The Hall–Kier alpha value is -2.54. The van der Waals surface area contributed by atoms with E-state index >= 15 is 0 Å². The number of hydrogen-bond acceptors (Lipinski definition) is 4. The Morgan fingerprint density at radius 3 is 2.52 bits per heavy atom. The monoisotopic (exact) mass is 388 g/mol. The van der Waals surface area contributed by atoms with Gasteiger partial charge in [-0.2, -0.15) is 0 Å². The van der Waals surface area contributed by atoms with Crippen molar-refractivity contribution in [3.63, 3.8) is 0 Å². The van der Waals surface area contributed by atoms with Gasteiger partial charge >= 0.3 is 0 Å². The molecule has 1 atom stereocenters. The van der Waals surface area contributed by atoms with E-state index in [1.165, 1.54) is 4.31 Å². The van der Waals surface area contributed by atoms with Crippen LogP contribution in [0.4, 0.5) is 5.69 Å². The van der Waals surface area contributed by atoms with Crippen LogP contribution in [-0.2, 0) is 21.4 Å². The number of rotatable bonds is 5. The molecule has 0 spiro atoms. The molecule has 1 amide bonds. The molecule has 0 saturated heterocycles. The number of hydrogen-bond donors (Lipinski definition) is 0. The highest BCUT2D eigenvalue weighted by molar-refractivity contribution is 7.92. The summed E-state index contributed by atoms with van der Waals surface area (Å²) in [5, 5.41) is 0. The minimum Gasteiger partial charge on any atom is -0.476 e. The third-order valence-corrected chi connectivity index (χ3v) is 6.37. The van der Waals surface area contributed by atoms with Crippen LogP contribution < -0.4 is 9.04 Å². The molecule has 27 heavy (non-hydrogen) atoms. The van der Waals surface area contributed by atoms with Gasteiger partial charge in [0.25, 0.3) is 5.91 Å². The Morgan fingerprint density at radius 1 is 1.19 bits per heavy atom. The van der Waals surface area contributed by atoms with Crippen LogP contribution in [0.25, 0.3) is 0 Å². The van der Waals surface area contributed by atoms with E-state index in [1.54, 1.807) is 43.1 Å². The Morgan fingerprint density at radius 2 is 1.85 bits per heavy atom. The zero-order valence-corrected chi connectivity index (χ0v) is 16.6. The maximum Gasteiger partial charge on any atom is 0.265 e. The molecule has 0 radical (unpaired) electrons. The second kappa shape index (κ2) is 7.60. The summed E-state index contributed by atoms with van der Waals surface area (Å²) in [6.07, 6.45) is -0.878. The standard InChI is InChI=1S/C20H24N2O4S/c1-4-27(24,25)22-14-19(26-18-8-6-5-7-17(18)22)20(23)21(3)13-16-11-9-15(2)10-12-16/h5-12,19H,4,13-14H2,1-3H3/t19-/m0/s1. The molecule has 0 N–H and O–H groups in total. The average molecular weight is 388 g/mol. The van der Waals surface area contributed by atoms with E-state index in [9.17, 15) is 13.2 Å². The number of amides is 1. The number of sulfonamides is 1. The van der Waals surface area contributed by atoms with Gasteiger partial charge in [-0.15, -0.1) is 0 Å². The largest absolute Gasteiger partial charge is 0.476 e. The molecule has 7 heteroatoms. The number of para-hydroxylation sites is 2. The van der Waals surface area contributed by atoms with Gasteiger partial charge in [-0.25, -0.2) is 8.42 Å². The number of aryl methyl sites for hydroxylation is 1. The number of nitrogens with zero attached hydrogens (tertiary/aromatic N) is 2. The number of anilines is 1. The van der Waals surface area contributed by atoms with Crippen LogP contribution in [-0.4, -0.2) is 44.7 Å². The van der Waals surface area contributed by atoms with Gasteiger partial charge in [0, 0.05) is 13.6 Å². The van der Waals surface area contributed by atoms with Crippen LogP contribution in [0, 0.1) is 6.92 Å². The van der Waals surface area contributed by atoms with Gasteiger partial charge in [0.1, 0.15) is 5.75 Å². The predicted octanol–water partition coefficient (Wildman–Crippen LogP) is 2.57. The molecule has 2 aromatic carbocycles. The zero-order chi connectivity index (χ0) is 19.6. The summed E-state index contributed by atoms with van der Waals surface area (Å²) in [6.45, 7) is 4.01. The molecule has 0 bridgehead atoms. The van der Waals surface area contributed by atoms with Crippen LogP contribution in [0.3, 0.4) is 0 Å².